The van der Waals surface area contributed by atoms with Gasteiger partial charge in [0.15, 0.2) is 11.6 Å². The van der Waals surface area contributed by atoms with Gasteiger partial charge in [-0.1, -0.05) is 39.8 Å². The van der Waals surface area contributed by atoms with Crippen molar-refractivity contribution < 1.29 is 22.7 Å². The van der Waals surface area contributed by atoms with E-state index in [1.165, 1.54) is 13.0 Å². The summed E-state index contributed by atoms with van der Waals surface area (Å²) in [5.74, 6) is -1.37. The summed E-state index contributed by atoms with van der Waals surface area (Å²) >= 11 is 0. The van der Waals surface area contributed by atoms with Gasteiger partial charge < -0.3 is 15.0 Å². The molecule has 0 fully saturated rings. The van der Waals surface area contributed by atoms with Crippen molar-refractivity contribution in [3.8, 4) is 22.7 Å². The van der Waals surface area contributed by atoms with E-state index in [1.807, 2.05) is 52.8 Å². The summed E-state index contributed by atoms with van der Waals surface area (Å²) < 4.78 is 54.3. The van der Waals surface area contributed by atoms with E-state index in [1.54, 1.807) is 15.8 Å². The number of carbonyl (C=O) groups is 1. The van der Waals surface area contributed by atoms with E-state index < -0.39 is 23.4 Å². The van der Waals surface area contributed by atoms with Gasteiger partial charge in [-0.15, -0.1) is 0 Å². The van der Waals surface area contributed by atoms with Crippen molar-refractivity contribution in [3.05, 3.63) is 82.4 Å². The third-order valence-electron chi connectivity index (χ3n) is 7.45. The van der Waals surface area contributed by atoms with Gasteiger partial charge in [-0.25, -0.2) is 22.8 Å². The van der Waals surface area contributed by atoms with Crippen LogP contribution >= 0.6 is 0 Å². The number of nitrogens with one attached hydrogen (secondary N) is 1. The fourth-order valence-corrected chi connectivity index (χ4v) is 5.28. The molecule has 7 nitrogen and oxygen atoms in total. The number of carbonyl (C=O) groups excluding carboxylic acids is 1. The minimum atomic E-state index is -0.793. The van der Waals surface area contributed by atoms with Gasteiger partial charge in [-0.05, 0) is 48.1 Å². The lowest BCUT2D eigenvalue weighted by Crippen LogP contribution is -2.31. The SMILES string of the molecule is CC(=O)Nc1cc(F)c(-c2c3c(nn2-c2c(C)cccc2OCC(C)C)CCN(c2ncc(C(C)C)cc2F)C3)cc1F. The molecular weight excluding hydrogens is 555 g/mol. The number of aromatic nitrogens is 3. The van der Waals surface area contributed by atoms with Crippen LogP contribution in [0.2, 0.25) is 0 Å². The number of hydrogen-bond acceptors (Lipinski definition) is 5. The number of anilines is 2. The van der Waals surface area contributed by atoms with E-state index in [0.717, 1.165) is 23.3 Å². The lowest BCUT2D eigenvalue weighted by molar-refractivity contribution is -0.114. The molecule has 226 valence electrons. The first kappa shape index (κ1) is 30.1. The van der Waals surface area contributed by atoms with Crippen molar-refractivity contribution in [1.82, 2.24) is 14.8 Å². The van der Waals surface area contributed by atoms with Gasteiger partial charge in [0.1, 0.15) is 23.1 Å². The van der Waals surface area contributed by atoms with Crippen molar-refractivity contribution in [2.24, 2.45) is 5.92 Å². The van der Waals surface area contributed by atoms with Crippen LogP contribution in [-0.4, -0.2) is 33.8 Å². The van der Waals surface area contributed by atoms with E-state index in [0.29, 0.717) is 48.0 Å². The molecule has 0 unspecified atom stereocenters. The van der Waals surface area contributed by atoms with Crippen LogP contribution in [-0.2, 0) is 17.8 Å². The highest BCUT2D eigenvalue weighted by Gasteiger charge is 2.31. The number of benzene rings is 2. The maximum absolute atomic E-state index is 15.9. The Bertz CT molecular complexity index is 1680. The maximum Gasteiger partial charge on any atom is 0.221 e. The van der Waals surface area contributed by atoms with Crippen LogP contribution in [0.5, 0.6) is 5.75 Å². The van der Waals surface area contributed by atoms with E-state index in [2.05, 4.69) is 10.3 Å². The zero-order chi connectivity index (χ0) is 31.0. The number of amides is 1. The Morgan fingerprint density at radius 1 is 1.07 bits per heavy atom. The van der Waals surface area contributed by atoms with Crippen LogP contribution < -0.4 is 15.0 Å². The van der Waals surface area contributed by atoms with Gasteiger partial charge in [0.25, 0.3) is 0 Å². The molecule has 0 saturated heterocycles. The van der Waals surface area contributed by atoms with Crippen LogP contribution in [0, 0.1) is 30.3 Å². The molecular formula is C33H36F3N5O2. The normalized spacial score (nSPS) is 13.0. The van der Waals surface area contributed by atoms with Crippen LogP contribution in [0.1, 0.15) is 62.9 Å². The second-order valence-corrected chi connectivity index (χ2v) is 11.7. The van der Waals surface area contributed by atoms with Crippen molar-refractivity contribution in [1.29, 1.82) is 0 Å². The number of ether oxygens (including phenoxy) is 1. The Hall–Kier alpha value is -4.34. The zero-order valence-corrected chi connectivity index (χ0v) is 25.3. The summed E-state index contributed by atoms with van der Waals surface area (Å²) in [7, 11) is 0. The molecule has 0 saturated carbocycles. The van der Waals surface area contributed by atoms with Crippen molar-refractivity contribution in [3.63, 3.8) is 0 Å². The molecule has 1 aliphatic heterocycles. The largest absolute Gasteiger partial charge is 0.491 e. The molecule has 10 heteroatoms. The van der Waals surface area contributed by atoms with Crippen LogP contribution in [0.4, 0.5) is 24.7 Å². The summed E-state index contributed by atoms with van der Waals surface area (Å²) in [4.78, 5) is 17.8. The molecule has 2 aromatic heterocycles. The number of pyridine rings is 1. The standard InChI is InChI=1S/C33H36F3N5O2/c1-18(2)17-43-30-9-7-8-20(5)31(30)41-32(23-13-26(35)29(14-25(23)34)38-21(6)42)24-16-40(11-10-28(24)39-41)33-27(36)12-22(15-37-33)19(3)4/h7-9,12-15,18-19H,10-11,16-17H2,1-6H3,(H,38,42). The number of rotatable bonds is 8. The molecule has 0 bridgehead atoms. The van der Waals surface area contributed by atoms with Gasteiger partial charge in [0.05, 0.1) is 23.7 Å². The van der Waals surface area contributed by atoms with Crippen molar-refractivity contribution in [2.45, 2.75) is 60.4 Å². The highest BCUT2D eigenvalue weighted by atomic mass is 19.1. The minimum Gasteiger partial charge on any atom is -0.491 e. The highest BCUT2D eigenvalue weighted by Crippen LogP contribution is 2.40. The molecule has 0 atom stereocenters. The molecule has 5 rings (SSSR count). The fraction of sp³-hybridized carbons (Fsp3) is 0.364. The van der Waals surface area contributed by atoms with E-state index >= 15 is 13.2 Å². The first-order valence-corrected chi connectivity index (χ1v) is 14.5. The topological polar surface area (TPSA) is 72.3 Å². The zero-order valence-electron chi connectivity index (χ0n) is 25.3. The Morgan fingerprint density at radius 2 is 1.84 bits per heavy atom. The minimum absolute atomic E-state index is 0.0381. The Labute approximate surface area is 249 Å². The predicted molar refractivity (Wildman–Crippen MR) is 161 cm³/mol. The number of para-hydroxylation sites is 1. The van der Waals surface area contributed by atoms with Gasteiger partial charge >= 0.3 is 0 Å². The van der Waals surface area contributed by atoms with Crippen LogP contribution in [0.15, 0.2) is 42.6 Å². The van der Waals surface area contributed by atoms with Crippen LogP contribution in [0.25, 0.3) is 16.9 Å². The van der Waals surface area contributed by atoms with Crippen LogP contribution in [0.3, 0.4) is 0 Å². The average molecular weight is 592 g/mol. The first-order valence-electron chi connectivity index (χ1n) is 14.5. The second kappa shape index (κ2) is 12.1. The Morgan fingerprint density at radius 3 is 2.51 bits per heavy atom. The number of halogens is 3. The molecule has 1 aliphatic rings. The van der Waals surface area contributed by atoms with Gasteiger partial charge in [0, 0.05) is 49.8 Å². The molecule has 4 aromatic rings. The summed E-state index contributed by atoms with van der Waals surface area (Å²) in [5.41, 5.74) is 3.57. The molecule has 1 amide bonds. The Balaban J connectivity index is 1.70. The quantitative estimate of drug-likeness (QED) is 0.232. The summed E-state index contributed by atoms with van der Waals surface area (Å²) in [6, 6.07) is 9.13. The van der Waals surface area contributed by atoms with Gasteiger partial charge in [-0.3, -0.25) is 4.79 Å². The maximum atomic E-state index is 15.9. The number of nitrogens with zero attached hydrogens (tertiary/aromatic N) is 4. The molecule has 0 radical (unpaired) electrons. The molecule has 0 aliphatic carbocycles. The Kier molecular flexibility index (Phi) is 8.48. The lowest BCUT2D eigenvalue weighted by Gasteiger charge is -2.28. The average Bonchev–Trinajstić information content (AvgIpc) is 3.31. The van der Waals surface area contributed by atoms with Crippen molar-refractivity contribution in [2.75, 3.05) is 23.4 Å². The molecule has 43 heavy (non-hydrogen) atoms. The summed E-state index contributed by atoms with van der Waals surface area (Å²) in [6.07, 6.45) is 2.11. The van der Waals surface area contributed by atoms with E-state index in [9.17, 15) is 4.79 Å². The fourth-order valence-electron chi connectivity index (χ4n) is 5.28. The summed E-state index contributed by atoms with van der Waals surface area (Å²) in [6.45, 7) is 12.2. The third kappa shape index (κ3) is 6.09. The van der Waals surface area contributed by atoms with Crippen molar-refractivity contribution >= 4 is 17.4 Å². The predicted octanol–water partition coefficient (Wildman–Crippen LogP) is 7.34. The van der Waals surface area contributed by atoms with Gasteiger partial charge in [0.2, 0.25) is 5.91 Å². The lowest BCUT2D eigenvalue weighted by atomic mass is 9.99. The molecule has 0 spiro atoms. The summed E-state index contributed by atoms with van der Waals surface area (Å²) in [5, 5.41) is 7.25. The smallest absolute Gasteiger partial charge is 0.221 e. The molecule has 1 N–H and O–H groups in total. The number of aryl methyl sites for hydroxylation is 1. The first-order chi connectivity index (χ1) is 20.4. The van der Waals surface area contributed by atoms with E-state index in [-0.39, 0.29) is 35.4 Å². The third-order valence-corrected chi connectivity index (χ3v) is 7.45. The number of hydrogen-bond donors (Lipinski definition) is 1. The number of fused-ring (bicyclic) bond motifs is 1. The highest BCUT2D eigenvalue weighted by molar-refractivity contribution is 5.89. The second-order valence-electron chi connectivity index (χ2n) is 11.7. The van der Waals surface area contributed by atoms with E-state index in [4.69, 9.17) is 9.84 Å². The monoisotopic (exact) mass is 591 g/mol. The molecule has 2 aromatic carbocycles. The van der Waals surface area contributed by atoms with Gasteiger partial charge in [-0.2, -0.15) is 5.10 Å². The molecule has 3 heterocycles.